The van der Waals surface area contributed by atoms with E-state index < -0.39 is 0 Å². The van der Waals surface area contributed by atoms with Crippen molar-refractivity contribution < 1.29 is 4.39 Å². The molecule has 0 fully saturated rings. The SMILES string of the molecule is Cc1cc(-c2ccc(CN)cc2C)ccc1F. The lowest BCUT2D eigenvalue weighted by molar-refractivity contribution is 0.619. The van der Waals surface area contributed by atoms with Crippen molar-refractivity contribution in [3.8, 4) is 11.1 Å². The molecule has 0 aliphatic rings. The van der Waals surface area contributed by atoms with Crippen molar-refractivity contribution in [1.82, 2.24) is 0 Å². The number of rotatable bonds is 2. The van der Waals surface area contributed by atoms with Crippen molar-refractivity contribution in [2.75, 3.05) is 0 Å². The molecule has 0 radical (unpaired) electrons. The fraction of sp³-hybridized carbons (Fsp3) is 0.200. The summed E-state index contributed by atoms with van der Waals surface area (Å²) in [6.07, 6.45) is 0. The van der Waals surface area contributed by atoms with E-state index in [2.05, 4.69) is 6.07 Å². The topological polar surface area (TPSA) is 26.0 Å². The Hall–Kier alpha value is -1.67. The van der Waals surface area contributed by atoms with Crippen molar-refractivity contribution in [3.05, 3.63) is 58.9 Å². The molecule has 2 heteroatoms. The summed E-state index contributed by atoms with van der Waals surface area (Å²) in [5.41, 5.74) is 10.7. The third-order valence-electron chi connectivity index (χ3n) is 3.00. The zero-order valence-corrected chi connectivity index (χ0v) is 10.1. The molecule has 2 aromatic rings. The van der Waals surface area contributed by atoms with Gasteiger partial charge in [0.05, 0.1) is 0 Å². The quantitative estimate of drug-likeness (QED) is 0.837. The van der Waals surface area contributed by atoms with Gasteiger partial charge in [0.15, 0.2) is 0 Å². The van der Waals surface area contributed by atoms with Gasteiger partial charge in [-0.15, -0.1) is 0 Å². The smallest absolute Gasteiger partial charge is 0.126 e. The average molecular weight is 229 g/mol. The first-order valence-electron chi connectivity index (χ1n) is 5.68. The van der Waals surface area contributed by atoms with E-state index in [9.17, 15) is 4.39 Å². The summed E-state index contributed by atoms with van der Waals surface area (Å²) >= 11 is 0. The number of hydrogen-bond donors (Lipinski definition) is 1. The van der Waals surface area contributed by atoms with E-state index >= 15 is 0 Å². The van der Waals surface area contributed by atoms with Crippen molar-refractivity contribution in [3.63, 3.8) is 0 Å². The van der Waals surface area contributed by atoms with Crippen LogP contribution in [0.3, 0.4) is 0 Å². The van der Waals surface area contributed by atoms with Gasteiger partial charge in [0.1, 0.15) is 5.82 Å². The molecule has 1 nitrogen and oxygen atoms in total. The van der Waals surface area contributed by atoms with Crippen LogP contribution in [0.1, 0.15) is 16.7 Å². The molecule has 2 N–H and O–H groups in total. The van der Waals surface area contributed by atoms with E-state index in [-0.39, 0.29) is 5.82 Å². The maximum atomic E-state index is 13.2. The highest BCUT2D eigenvalue weighted by atomic mass is 19.1. The highest BCUT2D eigenvalue weighted by molar-refractivity contribution is 5.68. The lowest BCUT2D eigenvalue weighted by Crippen LogP contribution is -1.97. The van der Waals surface area contributed by atoms with Gasteiger partial charge in [-0.1, -0.05) is 24.3 Å². The van der Waals surface area contributed by atoms with Gasteiger partial charge < -0.3 is 5.73 Å². The Kier molecular flexibility index (Phi) is 3.25. The fourth-order valence-electron chi connectivity index (χ4n) is 1.99. The predicted molar refractivity (Wildman–Crippen MR) is 69.2 cm³/mol. The number of nitrogens with two attached hydrogens (primary N) is 1. The van der Waals surface area contributed by atoms with Crippen LogP contribution < -0.4 is 5.73 Å². The summed E-state index contributed by atoms with van der Waals surface area (Å²) in [4.78, 5) is 0. The second-order valence-corrected chi connectivity index (χ2v) is 4.32. The van der Waals surface area contributed by atoms with Crippen molar-refractivity contribution >= 4 is 0 Å². The third kappa shape index (κ3) is 2.37. The number of benzene rings is 2. The lowest BCUT2D eigenvalue weighted by Gasteiger charge is -2.09. The van der Waals surface area contributed by atoms with Crippen LogP contribution in [-0.4, -0.2) is 0 Å². The van der Waals surface area contributed by atoms with Gasteiger partial charge >= 0.3 is 0 Å². The first-order chi connectivity index (χ1) is 8.11. The molecule has 0 aliphatic carbocycles. The van der Waals surface area contributed by atoms with Gasteiger partial charge in [-0.25, -0.2) is 4.39 Å². The van der Waals surface area contributed by atoms with Crippen LogP contribution in [0.5, 0.6) is 0 Å². The Balaban J connectivity index is 2.49. The van der Waals surface area contributed by atoms with Crippen LogP contribution in [-0.2, 0) is 6.54 Å². The standard InChI is InChI=1S/C15H16FN/c1-10-7-12(9-17)3-5-14(10)13-4-6-15(16)11(2)8-13/h3-8H,9,17H2,1-2H3. The van der Waals surface area contributed by atoms with Crippen molar-refractivity contribution in [2.24, 2.45) is 5.73 Å². The normalized spacial score (nSPS) is 10.6. The summed E-state index contributed by atoms with van der Waals surface area (Å²) < 4.78 is 13.2. The van der Waals surface area contributed by atoms with Crippen molar-refractivity contribution in [1.29, 1.82) is 0 Å². The Morgan fingerprint density at radius 3 is 2.35 bits per heavy atom. The molecule has 2 aromatic carbocycles. The molecule has 88 valence electrons. The van der Waals surface area contributed by atoms with E-state index in [4.69, 9.17) is 5.73 Å². The van der Waals surface area contributed by atoms with Gasteiger partial charge in [0.2, 0.25) is 0 Å². The van der Waals surface area contributed by atoms with E-state index in [0.29, 0.717) is 12.1 Å². The monoisotopic (exact) mass is 229 g/mol. The largest absolute Gasteiger partial charge is 0.326 e. The first-order valence-corrected chi connectivity index (χ1v) is 5.68. The Bertz CT molecular complexity index is 547. The minimum Gasteiger partial charge on any atom is -0.326 e. The van der Waals surface area contributed by atoms with Gasteiger partial charge in [0.25, 0.3) is 0 Å². The molecule has 0 saturated heterocycles. The van der Waals surface area contributed by atoms with Crippen LogP contribution in [0.2, 0.25) is 0 Å². The minimum absolute atomic E-state index is 0.162. The fourth-order valence-corrected chi connectivity index (χ4v) is 1.99. The van der Waals surface area contributed by atoms with E-state index in [1.807, 2.05) is 31.2 Å². The summed E-state index contributed by atoms with van der Waals surface area (Å²) in [5.74, 6) is -0.162. The molecule has 17 heavy (non-hydrogen) atoms. The lowest BCUT2D eigenvalue weighted by atomic mass is 9.97. The molecule has 0 aliphatic heterocycles. The van der Waals surface area contributed by atoms with Crippen LogP contribution >= 0.6 is 0 Å². The van der Waals surface area contributed by atoms with Crippen LogP contribution in [0.15, 0.2) is 36.4 Å². The molecule has 0 spiro atoms. The molecule has 0 atom stereocenters. The second-order valence-electron chi connectivity index (χ2n) is 4.32. The molecular weight excluding hydrogens is 213 g/mol. The summed E-state index contributed by atoms with van der Waals surface area (Å²) in [7, 11) is 0. The molecule has 0 bridgehead atoms. The van der Waals surface area contributed by atoms with Crippen LogP contribution in [0.25, 0.3) is 11.1 Å². The van der Waals surface area contributed by atoms with Gasteiger partial charge in [0, 0.05) is 6.54 Å². The average Bonchev–Trinajstić information content (AvgIpc) is 2.32. The Morgan fingerprint density at radius 2 is 1.76 bits per heavy atom. The third-order valence-corrected chi connectivity index (χ3v) is 3.00. The summed E-state index contributed by atoms with van der Waals surface area (Å²) in [6.45, 7) is 4.37. The molecular formula is C15H16FN. The maximum Gasteiger partial charge on any atom is 0.126 e. The van der Waals surface area contributed by atoms with Gasteiger partial charge in [-0.3, -0.25) is 0 Å². The molecule has 0 aromatic heterocycles. The molecule has 0 saturated carbocycles. The van der Waals surface area contributed by atoms with Crippen LogP contribution in [0, 0.1) is 19.7 Å². The maximum absolute atomic E-state index is 13.2. The van der Waals surface area contributed by atoms with Gasteiger partial charge in [-0.2, -0.15) is 0 Å². The zero-order chi connectivity index (χ0) is 12.4. The number of hydrogen-bond acceptors (Lipinski definition) is 1. The molecule has 2 rings (SSSR count). The minimum atomic E-state index is -0.162. The Morgan fingerprint density at radius 1 is 1.00 bits per heavy atom. The van der Waals surface area contributed by atoms with E-state index in [0.717, 1.165) is 16.7 Å². The highest BCUT2D eigenvalue weighted by Crippen LogP contribution is 2.25. The molecule has 0 unspecified atom stereocenters. The first kappa shape index (κ1) is 11.8. The van der Waals surface area contributed by atoms with E-state index in [1.165, 1.54) is 11.6 Å². The second kappa shape index (κ2) is 4.68. The summed E-state index contributed by atoms with van der Waals surface area (Å²) in [6, 6.07) is 11.3. The van der Waals surface area contributed by atoms with Gasteiger partial charge in [-0.05, 0) is 53.8 Å². The van der Waals surface area contributed by atoms with E-state index in [1.54, 1.807) is 6.92 Å². The highest BCUT2D eigenvalue weighted by Gasteiger charge is 2.05. The number of aryl methyl sites for hydroxylation is 2. The molecule has 0 heterocycles. The Labute approximate surface area is 101 Å². The summed E-state index contributed by atoms with van der Waals surface area (Å²) in [5, 5.41) is 0. The van der Waals surface area contributed by atoms with Crippen molar-refractivity contribution in [2.45, 2.75) is 20.4 Å². The predicted octanol–water partition coefficient (Wildman–Crippen LogP) is 3.57. The number of halogens is 1. The molecule has 0 amide bonds. The zero-order valence-electron chi connectivity index (χ0n) is 10.1. The van der Waals surface area contributed by atoms with Crippen LogP contribution in [0.4, 0.5) is 4.39 Å².